The van der Waals surface area contributed by atoms with Crippen LogP contribution in [-0.4, -0.2) is 13.1 Å². The molecule has 0 radical (unpaired) electrons. The van der Waals surface area contributed by atoms with Crippen molar-refractivity contribution in [2.24, 2.45) is 11.8 Å². The summed E-state index contributed by atoms with van der Waals surface area (Å²) in [6.07, 6.45) is 5.04. The highest BCUT2D eigenvalue weighted by molar-refractivity contribution is 5.73. The molecule has 2 atom stereocenters. The highest BCUT2D eigenvalue weighted by Crippen LogP contribution is 2.32. The van der Waals surface area contributed by atoms with Gasteiger partial charge in [0.2, 0.25) is 0 Å². The van der Waals surface area contributed by atoms with Crippen LogP contribution >= 0.6 is 0 Å². The highest BCUT2D eigenvalue weighted by atomic mass is 16.5. The molecule has 0 aromatic carbocycles. The summed E-state index contributed by atoms with van der Waals surface area (Å²) in [5.41, 5.74) is 0. The lowest BCUT2D eigenvalue weighted by atomic mass is 9.97. The molecule has 2 heteroatoms. The van der Waals surface area contributed by atoms with Gasteiger partial charge in [-0.05, 0) is 18.8 Å². The van der Waals surface area contributed by atoms with Crippen molar-refractivity contribution in [1.29, 1.82) is 0 Å². The molecule has 0 N–H and O–H groups in total. The molecule has 1 rings (SSSR count). The van der Waals surface area contributed by atoms with Crippen LogP contribution in [-0.2, 0) is 9.53 Å². The zero-order valence-electron chi connectivity index (χ0n) is 6.88. The van der Waals surface area contributed by atoms with E-state index in [-0.39, 0.29) is 11.9 Å². The van der Waals surface area contributed by atoms with E-state index in [1.165, 1.54) is 7.11 Å². The van der Waals surface area contributed by atoms with Gasteiger partial charge >= 0.3 is 5.97 Å². The summed E-state index contributed by atoms with van der Waals surface area (Å²) in [6.45, 7) is 3.70. The number of hydrogen-bond acceptors (Lipinski definition) is 2. The number of methoxy groups -OCH3 is 1. The molecule has 1 saturated carbocycles. The van der Waals surface area contributed by atoms with Crippen molar-refractivity contribution in [1.82, 2.24) is 0 Å². The van der Waals surface area contributed by atoms with E-state index in [1.54, 1.807) is 0 Å². The third-order valence-electron chi connectivity index (χ3n) is 2.38. The quantitative estimate of drug-likeness (QED) is 0.447. The van der Waals surface area contributed by atoms with E-state index in [2.05, 4.69) is 11.3 Å². The Labute approximate surface area is 67.2 Å². The molecule has 0 heterocycles. The van der Waals surface area contributed by atoms with Crippen LogP contribution in [0.25, 0.3) is 0 Å². The summed E-state index contributed by atoms with van der Waals surface area (Å²) in [7, 11) is 1.45. The van der Waals surface area contributed by atoms with Crippen molar-refractivity contribution < 1.29 is 9.53 Å². The lowest BCUT2D eigenvalue weighted by molar-refractivity contribution is -0.146. The maximum atomic E-state index is 11.1. The molecule has 62 valence electrons. The Kier molecular flexibility index (Phi) is 2.69. The van der Waals surface area contributed by atoms with Gasteiger partial charge in [0.15, 0.2) is 0 Å². The third kappa shape index (κ3) is 1.62. The van der Waals surface area contributed by atoms with Crippen LogP contribution in [0.3, 0.4) is 0 Å². The van der Waals surface area contributed by atoms with Gasteiger partial charge in [-0.3, -0.25) is 4.79 Å². The highest BCUT2D eigenvalue weighted by Gasteiger charge is 2.31. The number of esters is 1. The lowest BCUT2D eigenvalue weighted by Crippen LogP contribution is -2.18. The van der Waals surface area contributed by atoms with Gasteiger partial charge in [0, 0.05) is 0 Å². The van der Waals surface area contributed by atoms with E-state index >= 15 is 0 Å². The first-order valence-corrected chi connectivity index (χ1v) is 4.00. The lowest BCUT2D eigenvalue weighted by Gasteiger charge is -2.12. The van der Waals surface area contributed by atoms with Crippen LogP contribution in [0.1, 0.15) is 19.3 Å². The summed E-state index contributed by atoms with van der Waals surface area (Å²) < 4.78 is 4.68. The molecule has 1 aliphatic rings. The molecule has 0 amide bonds. The van der Waals surface area contributed by atoms with Crippen molar-refractivity contribution in [3.63, 3.8) is 0 Å². The number of carbonyl (C=O) groups is 1. The Morgan fingerprint density at radius 1 is 1.64 bits per heavy atom. The van der Waals surface area contributed by atoms with Gasteiger partial charge in [-0.15, -0.1) is 6.58 Å². The summed E-state index contributed by atoms with van der Waals surface area (Å²) in [4.78, 5) is 11.1. The van der Waals surface area contributed by atoms with Crippen LogP contribution in [0.5, 0.6) is 0 Å². The van der Waals surface area contributed by atoms with Gasteiger partial charge in [0.05, 0.1) is 13.0 Å². The van der Waals surface area contributed by atoms with Gasteiger partial charge in [-0.2, -0.15) is 0 Å². The van der Waals surface area contributed by atoms with Crippen molar-refractivity contribution >= 4 is 5.97 Å². The second kappa shape index (κ2) is 3.56. The number of allylic oxidation sites excluding steroid dienone is 1. The summed E-state index contributed by atoms with van der Waals surface area (Å²) in [5, 5.41) is 0. The Hall–Kier alpha value is -0.790. The number of carbonyl (C=O) groups excluding carboxylic acids is 1. The maximum Gasteiger partial charge on any atom is 0.309 e. The van der Waals surface area contributed by atoms with E-state index in [1.807, 2.05) is 6.08 Å². The number of hydrogen-bond donors (Lipinski definition) is 0. The molecule has 0 spiro atoms. The monoisotopic (exact) mass is 154 g/mol. The van der Waals surface area contributed by atoms with E-state index in [0.29, 0.717) is 5.92 Å². The Bertz CT molecular complexity index is 163. The normalized spacial score (nSPS) is 29.9. The number of ether oxygens (including phenoxy) is 1. The predicted octanol–water partition coefficient (Wildman–Crippen LogP) is 1.76. The third-order valence-corrected chi connectivity index (χ3v) is 2.38. The first-order chi connectivity index (χ1) is 5.29. The molecule has 1 aliphatic carbocycles. The first kappa shape index (κ1) is 8.31. The molecule has 0 saturated heterocycles. The molecular formula is C9H14O2. The van der Waals surface area contributed by atoms with Gasteiger partial charge in [-0.25, -0.2) is 0 Å². The van der Waals surface area contributed by atoms with E-state index in [9.17, 15) is 4.79 Å². The van der Waals surface area contributed by atoms with E-state index in [4.69, 9.17) is 0 Å². The molecular weight excluding hydrogens is 140 g/mol. The van der Waals surface area contributed by atoms with Crippen LogP contribution in [0.15, 0.2) is 12.7 Å². The predicted molar refractivity (Wildman–Crippen MR) is 43.0 cm³/mol. The molecule has 0 unspecified atom stereocenters. The minimum Gasteiger partial charge on any atom is -0.469 e. The molecule has 0 aromatic heterocycles. The molecule has 0 bridgehead atoms. The summed E-state index contributed by atoms with van der Waals surface area (Å²) in [5.74, 6) is 0.354. The smallest absolute Gasteiger partial charge is 0.309 e. The second-order valence-electron chi connectivity index (χ2n) is 2.96. The molecule has 2 nitrogen and oxygen atoms in total. The van der Waals surface area contributed by atoms with Gasteiger partial charge in [0.1, 0.15) is 0 Å². The van der Waals surface area contributed by atoms with Crippen LogP contribution in [0.2, 0.25) is 0 Å². The first-order valence-electron chi connectivity index (χ1n) is 4.00. The van der Waals surface area contributed by atoms with Crippen LogP contribution < -0.4 is 0 Å². The Balaban J connectivity index is 2.56. The van der Waals surface area contributed by atoms with Crippen molar-refractivity contribution in [3.8, 4) is 0 Å². The van der Waals surface area contributed by atoms with Crippen LogP contribution in [0, 0.1) is 11.8 Å². The molecule has 11 heavy (non-hydrogen) atoms. The standard InChI is InChI=1S/C9H14O2/c1-3-7-5-4-6-8(7)9(10)11-2/h3,7-8H,1,4-6H2,2H3/t7-,8-/m0/s1. The minimum absolute atomic E-state index is 0.0765. The maximum absolute atomic E-state index is 11.1. The van der Waals surface area contributed by atoms with Gasteiger partial charge in [0.25, 0.3) is 0 Å². The summed E-state index contributed by atoms with van der Waals surface area (Å²) >= 11 is 0. The van der Waals surface area contributed by atoms with Gasteiger partial charge in [-0.1, -0.05) is 12.5 Å². The average molecular weight is 154 g/mol. The zero-order chi connectivity index (χ0) is 8.27. The fourth-order valence-electron chi connectivity index (χ4n) is 1.71. The van der Waals surface area contributed by atoms with E-state index < -0.39 is 0 Å². The Morgan fingerprint density at radius 3 is 2.91 bits per heavy atom. The fourth-order valence-corrected chi connectivity index (χ4v) is 1.71. The van der Waals surface area contributed by atoms with E-state index in [0.717, 1.165) is 19.3 Å². The van der Waals surface area contributed by atoms with Crippen molar-refractivity contribution in [2.45, 2.75) is 19.3 Å². The summed E-state index contributed by atoms with van der Waals surface area (Å²) in [6, 6.07) is 0. The van der Waals surface area contributed by atoms with Gasteiger partial charge < -0.3 is 4.74 Å². The number of rotatable bonds is 2. The minimum atomic E-state index is -0.0765. The topological polar surface area (TPSA) is 26.3 Å². The van der Waals surface area contributed by atoms with Crippen molar-refractivity contribution in [3.05, 3.63) is 12.7 Å². The molecule has 1 fully saturated rings. The SMILES string of the molecule is C=C[C@H]1CCC[C@@H]1C(=O)OC. The fraction of sp³-hybridized carbons (Fsp3) is 0.667. The van der Waals surface area contributed by atoms with Crippen LogP contribution in [0.4, 0.5) is 0 Å². The van der Waals surface area contributed by atoms with Crippen molar-refractivity contribution in [2.75, 3.05) is 7.11 Å². The second-order valence-corrected chi connectivity index (χ2v) is 2.96. The largest absolute Gasteiger partial charge is 0.469 e. The Morgan fingerprint density at radius 2 is 2.36 bits per heavy atom. The molecule has 0 aliphatic heterocycles. The zero-order valence-corrected chi connectivity index (χ0v) is 6.88. The average Bonchev–Trinajstić information content (AvgIpc) is 2.50. The molecule has 0 aromatic rings.